The number of piperidine rings is 1. The van der Waals surface area contributed by atoms with Crippen molar-refractivity contribution in [3.05, 3.63) is 0 Å². The molecule has 2 saturated carbocycles. The van der Waals surface area contributed by atoms with Crippen LogP contribution in [0.2, 0.25) is 0 Å². The Hall–Kier alpha value is -0.0800. The second-order valence-corrected chi connectivity index (χ2v) is 7.63. The molecule has 2 atom stereocenters. The van der Waals surface area contributed by atoms with Crippen molar-refractivity contribution < 1.29 is 0 Å². The second-order valence-electron chi connectivity index (χ2n) is 7.63. The van der Waals surface area contributed by atoms with E-state index in [1.54, 1.807) is 0 Å². The molecule has 0 aromatic heterocycles. The van der Waals surface area contributed by atoms with Crippen LogP contribution in [-0.2, 0) is 0 Å². The first-order valence-corrected chi connectivity index (χ1v) is 9.35. The maximum absolute atomic E-state index is 4.04. The van der Waals surface area contributed by atoms with Crippen molar-refractivity contribution in [3.63, 3.8) is 0 Å². The van der Waals surface area contributed by atoms with E-state index < -0.39 is 0 Å². The molecule has 116 valence electrons. The maximum Gasteiger partial charge on any atom is 0.0200 e. The van der Waals surface area contributed by atoms with Gasteiger partial charge in [0, 0.05) is 31.2 Å². The van der Waals surface area contributed by atoms with Crippen molar-refractivity contribution in [1.82, 2.24) is 10.2 Å². The van der Waals surface area contributed by atoms with E-state index in [0.717, 1.165) is 24.0 Å². The Labute approximate surface area is 125 Å². The minimum Gasteiger partial charge on any atom is -0.310 e. The summed E-state index contributed by atoms with van der Waals surface area (Å²) in [4.78, 5) is 2.84. The monoisotopic (exact) mass is 278 g/mol. The van der Waals surface area contributed by atoms with Gasteiger partial charge in [-0.15, -0.1) is 0 Å². The number of likely N-dealkylation sites (tertiary alicyclic amines) is 1. The Morgan fingerprint density at radius 1 is 0.900 bits per heavy atom. The van der Waals surface area contributed by atoms with Crippen LogP contribution in [0.3, 0.4) is 0 Å². The zero-order valence-electron chi connectivity index (χ0n) is 13.4. The van der Waals surface area contributed by atoms with Crippen LogP contribution in [0.1, 0.15) is 77.6 Å². The molecule has 3 fully saturated rings. The van der Waals surface area contributed by atoms with Crippen molar-refractivity contribution in [2.75, 3.05) is 13.1 Å². The maximum atomic E-state index is 4.04. The van der Waals surface area contributed by atoms with Gasteiger partial charge in [0.05, 0.1) is 0 Å². The topological polar surface area (TPSA) is 15.3 Å². The van der Waals surface area contributed by atoms with Crippen molar-refractivity contribution >= 4 is 0 Å². The molecule has 2 heteroatoms. The van der Waals surface area contributed by atoms with E-state index in [2.05, 4.69) is 17.1 Å². The highest BCUT2D eigenvalue weighted by molar-refractivity contribution is 4.91. The summed E-state index contributed by atoms with van der Waals surface area (Å²) in [6.07, 6.45) is 15.9. The van der Waals surface area contributed by atoms with Crippen LogP contribution in [0.5, 0.6) is 0 Å². The van der Waals surface area contributed by atoms with E-state index in [9.17, 15) is 0 Å². The molecular weight excluding hydrogens is 244 g/mol. The number of hydrogen-bond donors (Lipinski definition) is 1. The molecule has 2 unspecified atom stereocenters. The average Bonchev–Trinajstić information content (AvgIpc) is 2.38. The summed E-state index contributed by atoms with van der Waals surface area (Å²) < 4.78 is 0. The number of hydrogen-bond acceptors (Lipinski definition) is 2. The molecule has 3 aliphatic rings. The van der Waals surface area contributed by atoms with Crippen molar-refractivity contribution in [1.29, 1.82) is 0 Å². The average molecular weight is 278 g/mol. The van der Waals surface area contributed by atoms with Crippen LogP contribution in [0.15, 0.2) is 0 Å². The molecule has 2 aliphatic carbocycles. The van der Waals surface area contributed by atoms with Crippen molar-refractivity contribution in [2.45, 2.75) is 95.7 Å². The summed E-state index contributed by atoms with van der Waals surface area (Å²) in [5, 5.41) is 4.04. The van der Waals surface area contributed by atoms with E-state index in [0.29, 0.717) is 0 Å². The summed E-state index contributed by atoms with van der Waals surface area (Å²) >= 11 is 0. The lowest BCUT2D eigenvalue weighted by atomic mass is 9.84. The third-order valence-corrected chi connectivity index (χ3v) is 5.93. The molecule has 1 aliphatic heterocycles. The molecule has 1 N–H and O–H groups in total. The fraction of sp³-hybridized carbons (Fsp3) is 1.00. The Morgan fingerprint density at radius 2 is 1.70 bits per heavy atom. The van der Waals surface area contributed by atoms with Crippen LogP contribution in [0, 0.1) is 5.92 Å². The standard InChI is InChI=1S/C18H34N2/c1-2-7-15-12-17(19-16-8-4-3-5-9-16)14-20(13-15)18-10-6-11-18/h15-19H,2-14H2,1H3. The van der Waals surface area contributed by atoms with Gasteiger partial charge < -0.3 is 5.32 Å². The highest BCUT2D eigenvalue weighted by Crippen LogP contribution is 2.31. The van der Waals surface area contributed by atoms with E-state index in [-0.39, 0.29) is 0 Å². The Kier molecular flexibility index (Phi) is 5.39. The van der Waals surface area contributed by atoms with Crippen LogP contribution in [0.25, 0.3) is 0 Å². The van der Waals surface area contributed by atoms with Gasteiger partial charge in [-0.1, -0.05) is 39.0 Å². The molecule has 0 bridgehead atoms. The highest BCUT2D eigenvalue weighted by atomic mass is 15.2. The highest BCUT2D eigenvalue weighted by Gasteiger charge is 2.34. The minimum absolute atomic E-state index is 0.781. The molecular formula is C18H34N2. The second kappa shape index (κ2) is 7.26. The Balaban J connectivity index is 1.53. The van der Waals surface area contributed by atoms with Gasteiger partial charge in [-0.3, -0.25) is 4.90 Å². The molecule has 20 heavy (non-hydrogen) atoms. The lowest BCUT2D eigenvalue weighted by Gasteiger charge is -2.46. The van der Waals surface area contributed by atoms with Crippen LogP contribution in [0.4, 0.5) is 0 Å². The SMILES string of the molecule is CCCC1CC(NC2CCCCC2)CN(C2CCC2)C1. The predicted octanol–water partition coefficient (Wildman–Crippen LogP) is 3.95. The van der Waals surface area contributed by atoms with E-state index in [1.165, 1.54) is 83.7 Å². The van der Waals surface area contributed by atoms with Gasteiger partial charge in [-0.25, -0.2) is 0 Å². The Bertz CT molecular complexity index is 279. The molecule has 1 saturated heterocycles. The zero-order valence-corrected chi connectivity index (χ0v) is 13.4. The predicted molar refractivity (Wildman–Crippen MR) is 86.0 cm³/mol. The largest absolute Gasteiger partial charge is 0.310 e. The van der Waals surface area contributed by atoms with Gasteiger partial charge >= 0.3 is 0 Å². The summed E-state index contributed by atoms with van der Waals surface area (Å²) in [6, 6.07) is 2.55. The summed E-state index contributed by atoms with van der Waals surface area (Å²) in [5.74, 6) is 0.954. The molecule has 0 amide bonds. The minimum atomic E-state index is 0.781. The third-order valence-electron chi connectivity index (χ3n) is 5.93. The third kappa shape index (κ3) is 3.76. The molecule has 0 radical (unpaired) electrons. The van der Waals surface area contributed by atoms with Gasteiger partial charge in [0.2, 0.25) is 0 Å². The van der Waals surface area contributed by atoms with Gasteiger partial charge in [0.1, 0.15) is 0 Å². The number of nitrogens with one attached hydrogen (secondary N) is 1. The van der Waals surface area contributed by atoms with E-state index in [4.69, 9.17) is 0 Å². The first kappa shape index (κ1) is 14.8. The lowest BCUT2D eigenvalue weighted by molar-refractivity contribution is 0.0518. The Morgan fingerprint density at radius 3 is 2.35 bits per heavy atom. The summed E-state index contributed by atoms with van der Waals surface area (Å²) in [5.41, 5.74) is 0. The van der Waals surface area contributed by atoms with Gasteiger partial charge in [-0.05, 0) is 44.4 Å². The van der Waals surface area contributed by atoms with E-state index in [1.807, 2.05) is 0 Å². The van der Waals surface area contributed by atoms with Crippen LogP contribution < -0.4 is 5.32 Å². The van der Waals surface area contributed by atoms with Crippen molar-refractivity contribution in [3.8, 4) is 0 Å². The molecule has 3 rings (SSSR count). The van der Waals surface area contributed by atoms with Gasteiger partial charge in [-0.2, -0.15) is 0 Å². The van der Waals surface area contributed by atoms with Crippen LogP contribution in [-0.4, -0.2) is 36.1 Å². The molecule has 1 heterocycles. The fourth-order valence-corrected chi connectivity index (χ4v) is 4.63. The molecule has 0 aromatic rings. The first-order chi connectivity index (χ1) is 9.85. The summed E-state index contributed by atoms with van der Waals surface area (Å²) in [7, 11) is 0. The van der Waals surface area contributed by atoms with E-state index >= 15 is 0 Å². The zero-order chi connectivity index (χ0) is 13.8. The fourth-order valence-electron chi connectivity index (χ4n) is 4.63. The molecule has 0 spiro atoms. The lowest BCUT2D eigenvalue weighted by Crippen LogP contribution is -2.56. The normalized spacial score (nSPS) is 34.0. The van der Waals surface area contributed by atoms with Crippen molar-refractivity contribution in [2.24, 2.45) is 5.92 Å². The van der Waals surface area contributed by atoms with Crippen LogP contribution >= 0.6 is 0 Å². The van der Waals surface area contributed by atoms with Gasteiger partial charge in [0.15, 0.2) is 0 Å². The molecule has 0 aromatic carbocycles. The smallest absolute Gasteiger partial charge is 0.0200 e. The quantitative estimate of drug-likeness (QED) is 0.819. The molecule has 2 nitrogen and oxygen atoms in total. The first-order valence-electron chi connectivity index (χ1n) is 9.35. The number of rotatable bonds is 5. The number of nitrogens with zero attached hydrogens (tertiary/aromatic N) is 1. The summed E-state index contributed by atoms with van der Waals surface area (Å²) in [6.45, 7) is 5.08. The van der Waals surface area contributed by atoms with Gasteiger partial charge in [0.25, 0.3) is 0 Å².